The van der Waals surface area contributed by atoms with Crippen molar-refractivity contribution in [3.63, 3.8) is 0 Å². The predicted molar refractivity (Wildman–Crippen MR) is 135 cm³/mol. The Morgan fingerprint density at radius 3 is 1.75 bits per heavy atom. The van der Waals surface area contributed by atoms with Crippen LogP contribution in [0, 0.1) is 11.6 Å². The lowest BCUT2D eigenvalue weighted by atomic mass is 10.1. The molecule has 3 aromatic rings. The molecule has 194 valence electrons. The van der Waals surface area contributed by atoms with E-state index in [1.807, 2.05) is 12.1 Å². The van der Waals surface area contributed by atoms with E-state index in [1.165, 1.54) is 12.1 Å². The van der Waals surface area contributed by atoms with Gasteiger partial charge in [0.05, 0.1) is 0 Å². The SMILES string of the molecule is CCCCCCc1ccc(OC(F)(F)c2c(F)ccc(Oc3ccc(CCCCC)cc3)c2F)cc1. The van der Waals surface area contributed by atoms with E-state index in [4.69, 9.17) is 9.47 Å². The van der Waals surface area contributed by atoms with Crippen LogP contribution in [0.2, 0.25) is 0 Å². The molecule has 0 bridgehead atoms. The zero-order valence-corrected chi connectivity index (χ0v) is 21.0. The van der Waals surface area contributed by atoms with Crippen molar-refractivity contribution >= 4 is 0 Å². The van der Waals surface area contributed by atoms with Crippen molar-refractivity contribution < 1.29 is 27.0 Å². The quantitative estimate of drug-likeness (QED) is 0.161. The summed E-state index contributed by atoms with van der Waals surface area (Å²) in [6.45, 7) is 4.26. The van der Waals surface area contributed by atoms with Crippen molar-refractivity contribution in [2.45, 2.75) is 77.7 Å². The van der Waals surface area contributed by atoms with Crippen molar-refractivity contribution in [1.82, 2.24) is 0 Å². The number of alkyl halides is 2. The van der Waals surface area contributed by atoms with Crippen LogP contribution in [0.5, 0.6) is 17.2 Å². The molecule has 0 radical (unpaired) electrons. The Bertz CT molecular complexity index is 1080. The second kappa shape index (κ2) is 13.3. The molecule has 0 aliphatic heterocycles. The van der Waals surface area contributed by atoms with Gasteiger partial charge in [-0.3, -0.25) is 0 Å². The highest BCUT2D eigenvalue weighted by atomic mass is 19.3. The molecule has 0 N–H and O–H groups in total. The highest BCUT2D eigenvalue weighted by Crippen LogP contribution is 2.39. The first-order chi connectivity index (χ1) is 17.3. The fourth-order valence-electron chi connectivity index (χ4n) is 3.99. The zero-order valence-electron chi connectivity index (χ0n) is 21.0. The van der Waals surface area contributed by atoms with Gasteiger partial charge in [-0.1, -0.05) is 70.2 Å². The number of unbranched alkanes of at least 4 members (excludes halogenated alkanes) is 5. The van der Waals surface area contributed by atoms with Gasteiger partial charge < -0.3 is 9.47 Å². The van der Waals surface area contributed by atoms with Crippen molar-refractivity contribution in [3.8, 4) is 17.2 Å². The number of hydrogen-bond acceptors (Lipinski definition) is 2. The van der Waals surface area contributed by atoms with Crippen LogP contribution in [0.15, 0.2) is 60.7 Å². The van der Waals surface area contributed by atoms with Crippen molar-refractivity contribution in [3.05, 3.63) is 89.0 Å². The van der Waals surface area contributed by atoms with E-state index in [0.717, 1.165) is 81.0 Å². The summed E-state index contributed by atoms with van der Waals surface area (Å²) in [5.74, 6) is -3.33. The van der Waals surface area contributed by atoms with Gasteiger partial charge in [-0.15, -0.1) is 0 Å². The third kappa shape index (κ3) is 7.74. The van der Waals surface area contributed by atoms with Crippen molar-refractivity contribution in [2.75, 3.05) is 0 Å². The molecule has 2 nitrogen and oxygen atoms in total. The molecule has 0 amide bonds. The molecule has 0 saturated carbocycles. The van der Waals surface area contributed by atoms with Crippen molar-refractivity contribution in [1.29, 1.82) is 0 Å². The summed E-state index contributed by atoms with van der Waals surface area (Å²) in [4.78, 5) is 0. The molecule has 0 fully saturated rings. The Hall–Kier alpha value is -3.02. The van der Waals surface area contributed by atoms with Gasteiger partial charge in [-0.2, -0.15) is 8.78 Å². The molecule has 0 spiro atoms. The predicted octanol–water partition coefficient (Wildman–Crippen LogP) is 9.74. The summed E-state index contributed by atoms with van der Waals surface area (Å²) >= 11 is 0. The maximum Gasteiger partial charge on any atom is 0.432 e. The Morgan fingerprint density at radius 2 is 1.17 bits per heavy atom. The summed E-state index contributed by atoms with van der Waals surface area (Å²) in [5.41, 5.74) is 0.605. The molecule has 36 heavy (non-hydrogen) atoms. The average molecular weight is 503 g/mol. The minimum Gasteiger partial charge on any atom is -0.454 e. The first kappa shape index (κ1) is 27.6. The summed E-state index contributed by atoms with van der Waals surface area (Å²) in [7, 11) is 0. The van der Waals surface area contributed by atoms with E-state index < -0.39 is 29.1 Å². The normalized spacial score (nSPS) is 11.5. The third-order valence-electron chi connectivity index (χ3n) is 6.06. The zero-order chi connectivity index (χ0) is 26.0. The third-order valence-corrected chi connectivity index (χ3v) is 6.06. The van der Waals surface area contributed by atoms with Gasteiger partial charge in [0, 0.05) is 0 Å². The maximum absolute atomic E-state index is 15.0. The van der Waals surface area contributed by atoms with E-state index in [1.54, 1.807) is 24.3 Å². The molecule has 0 atom stereocenters. The summed E-state index contributed by atoms with van der Waals surface area (Å²) < 4.78 is 69.5. The molecule has 0 saturated heterocycles. The fourth-order valence-corrected chi connectivity index (χ4v) is 3.99. The summed E-state index contributed by atoms with van der Waals surface area (Å²) in [5, 5.41) is 0. The lowest BCUT2D eigenvalue weighted by Crippen LogP contribution is -2.25. The van der Waals surface area contributed by atoms with Crippen LogP contribution < -0.4 is 9.47 Å². The minimum atomic E-state index is -4.24. The topological polar surface area (TPSA) is 18.5 Å². The largest absolute Gasteiger partial charge is 0.454 e. The first-order valence-corrected chi connectivity index (χ1v) is 12.7. The smallest absolute Gasteiger partial charge is 0.432 e. The first-order valence-electron chi connectivity index (χ1n) is 12.7. The van der Waals surface area contributed by atoms with Crippen LogP contribution >= 0.6 is 0 Å². The van der Waals surface area contributed by atoms with Crippen LogP contribution in [0.4, 0.5) is 17.6 Å². The average Bonchev–Trinajstić information content (AvgIpc) is 2.85. The number of ether oxygens (including phenoxy) is 2. The Kier molecular flexibility index (Phi) is 10.2. The van der Waals surface area contributed by atoms with Gasteiger partial charge in [-0.05, 0) is 73.2 Å². The number of hydrogen-bond donors (Lipinski definition) is 0. The van der Waals surface area contributed by atoms with Crippen LogP contribution in [0.3, 0.4) is 0 Å². The van der Waals surface area contributed by atoms with Crippen LogP contribution in [0.1, 0.15) is 75.5 Å². The molecule has 3 aromatic carbocycles. The van der Waals surface area contributed by atoms with Crippen LogP contribution in [-0.4, -0.2) is 0 Å². The van der Waals surface area contributed by atoms with E-state index in [2.05, 4.69) is 13.8 Å². The Balaban J connectivity index is 1.70. The highest BCUT2D eigenvalue weighted by Gasteiger charge is 2.42. The minimum absolute atomic E-state index is 0.180. The summed E-state index contributed by atoms with van der Waals surface area (Å²) in [6, 6.07) is 14.9. The van der Waals surface area contributed by atoms with E-state index in [9.17, 15) is 13.2 Å². The molecule has 0 aromatic heterocycles. The van der Waals surface area contributed by atoms with Crippen LogP contribution in [0.25, 0.3) is 0 Å². The second-order valence-electron chi connectivity index (χ2n) is 9.01. The molecule has 0 heterocycles. The molecule has 3 rings (SSSR count). The van der Waals surface area contributed by atoms with Gasteiger partial charge in [0.15, 0.2) is 11.6 Å². The van der Waals surface area contributed by atoms with Gasteiger partial charge >= 0.3 is 6.11 Å². The van der Waals surface area contributed by atoms with E-state index in [-0.39, 0.29) is 11.5 Å². The highest BCUT2D eigenvalue weighted by molar-refractivity contribution is 5.39. The van der Waals surface area contributed by atoms with Gasteiger partial charge in [-0.25, -0.2) is 8.78 Å². The molecule has 0 aliphatic carbocycles. The van der Waals surface area contributed by atoms with Crippen LogP contribution in [-0.2, 0) is 19.0 Å². The Labute approximate surface area is 211 Å². The van der Waals surface area contributed by atoms with Crippen molar-refractivity contribution in [2.24, 2.45) is 0 Å². The second-order valence-corrected chi connectivity index (χ2v) is 9.01. The molecule has 0 aliphatic rings. The molecule has 0 unspecified atom stereocenters. The molecular weight excluding hydrogens is 468 g/mol. The number of aryl methyl sites for hydroxylation is 2. The lowest BCUT2D eigenvalue weighted by Gasteiger charge is -2.20. The monoisotopic (exact) mass is 502 g/mol. The maximum atomic E-state index is 15.0. The number of benzene rings is 3. The fraction of sp³-hybridized carbons (Fsp3) is 0.400. The number of halogens is 4. The number of rotatable bonds is 14. The van der Waals surface area contributed by atoms with Gasteiger partial charge in [0.25, 0.3) is 0 Å². The summed E-state index contributed by atoms with van der Waals surface area (Å²) in [6.07, 6.45) is 5.20. The standard InChI is InChI=1S/C30H34F4O2/c1-3-5-7-9-11-23-14-18-25(19-15-23)36-30(33,34)28-26(31)20-21-27(29(28)32)35-24-16-12-22(13-17-24)10-8-6-4-2/h12-21H,3-11H2,1-2H3. The van der Waals surface area contributed by atoms with E-state index in [0.29, 0.717) is 0 Å². The van der Waals surface area contributed by atoms with Gasteiger partial charge in [0.1, 0.15) is 22.9 Å². The van der Waals surface area contributed by atoms with Gasteiger partial charge in [0.2, 0.25) is 0 Å². The van der Waals surface area contributed by atoms with E-state index >= 15 is 4.39 Å². The molecular formula is C30H34F4O2. The lowest BCUT2D eigenvalue weighted by molar-refractivity contribution is -0.189. The Morgan fingerprint density at radius 1 is 0.639 bits per heavy atom. The molecule has 6 heteroatoms.